The predicted octanol–water partition coefficient (Wildman–Crippen LogP) is 1.48. The fraction of sp³-hybridized carbons (Fsp3) is 0.467. The molecule has 114 valence electrons. The molecule has 1 fully saturated rings. The first kappa shape index (κ1) is 15.3. The predicted molar refractivity (Wildman–Crippen MR) is 80.5 cm³/mol. The maximum atomic E-state index is 12.2. The average molecular weight is 291 g/mol. The van der Waals surface area contributed by atoms with Crippen molar-refractivity contribution in [2.75, 3.05) is 32.0 Å². The Morgan fingerprint density at radius 1 is 1.38 bits per heavy atom. The first-order valence-electron chi connectivity index (χ1n) is 7.02. The normalized spacial score (nSPS) is 19.3. The second-order valence-electron chi connectivity index (χ2n) is 5.48. The Morgan fingerprint density at radius 3 is 2.81 bits per heavy atom. The van der Waals surface area contributed by atoms with Gasteiger partial charge in [0.05, 0.1) is 6.42 Å². The second-order valence-corrected chi connectivity index (χ2v) is 5.48. The number of rotatable bonds is 3. The van der Waals surface area contributed by atoms with Gasteiger partial charge in [-0.1, -0.05) is 12.1 Å². The van der Waals surface area contributed by atoms with Crippen molar-refractivity contribution in [2.45, 2.75) is 19.4 Å². The first-order chi connectivity index (χ1) is 9.95. The Balaban J connectivity index is 1.98. The van der Waals surface area contributed by atoms with Crippen LogP contribution in [0, 0.1) is 0 Å². The first-order valence-corrected chi connectivity index (χ1v) is 7.02. The molecule has 1 aliphatic heterocycles. The van der Waals surface area contributed by atoms with Gasteiger partial charge in [0.2, 0.25) is 0 Å². The number of nitrogens with zero attached hydrogens (tertiary/aromatic N) is 2. The van der Waals surface area contributed by atoms with Crippen molar-refractivity contribution in [2.24, 2.45) is 0 Å². The molecule has 2 N–H and O–H groups in total. The molecule has 0 aromatic heterocycles. The molecule has 1 unspecified atom stereocenters. The van der Waals surface area contributed by atoms with Gasteiger partial charge >= 0.3 is 12.0 Å². The zero-order chi connectivity index (χ0) is 15.4. The summed E-state index contributed by atoms with van der Waals surface area (Å²) in [4.78, 5) is 27.0. The summed E-state index contributed by atoms with van der Waals surface area (Å²) in [5, 5.41) is 11.6. The fourth-order valence-electron chi connectivity index (χ4n) is 2.37. The fourth-order valence-corrected chi connectivity index (χ4v) is 2.37. The quantitative estimate of drug-likeness (QED) is 0.885. The molecule has 2 amide bonds. The highest BCUT2D eigenvalue weighted by atomic mass is 16.4. The van der Waals surface area contributed by atoms with Crippen LogP contribution in [-0.2, 0) is 11.2 Å². The van der Waals surface area contributed by atoms with Gasteiger partial charge in [-0.25, -0.2) is 4.79 Å². The van der Waals surface area contributed by atoms with Crippen LogP contribution in [0.25, 0.3) is 0 Å². The van der Waals surface area contributed by atoms with E-state index >= 15 is 0 Å². The van der Waals surface area contributed by atoms with Gasteiger partial charge in [0.25, 0.3) is 0 Å². The summed E-state index contributed by atoms with van der Waals surface area (Å²) in [6.45, 7) is 4.33. The van der Waals surface area contributed by atoms with E-state index in [9.17, 15) is 9.59 Å². The number of hydrogen-bond donors (Lipinski definition) is 2. The van der Waals surface area contributed by atoms with Crippen LogP contribution >= 0.6 is 0 Å². The lowest BCUT2D eigenvalue weighted by Gasteiger charge is -2.37. The lowest BCUT2D eigenvalue weighted by Crippen LogP contribution is -2.53. The molecule has 1 heterocycles. The average Bonchev–Trinajstić information content (AvgIpc) is 2.41. The van der Waals surface area contributed by atoms with Crippen molar-refractivity contribution >= 4 is 17.7 Å². The number of likely N-dealkylation sites (N-methyl/N-ethyl adjacent to an activating group) is 1. The van der Waals surface area contributed by atoms with Crippen LogP contribution in [0.3, 0.4) is 0 Å². The summed E-state index contributed by atoms with van der Waals surface area (Å²) < 4.78 is 0. The molecule has 0 radical (unpaired) electrons. The summed E-state index contributed by atoms with van der Waals surface area (Å²) in [5.74, 6) is -0.883. The summed E-state index contributed by atoms with van der Waals surface area (Å²) in [6.07, 6.45) is -0.0464. The van der Waals surface area contributed by atoms with E-state index < -0.39 is 5.97 Å². The molecule has 6 heteroatoms. The second kappa shape index (κ2) is 6.58. The minimum Gasteiger partial charge on any atom is -0.481 e. The van der Waals surface area contributed by atoms with Gasteiger partial charge in [0, 0.05) is 31.4 Å². The van der Waals surface area contributed by atoms with Gasteiger partial charge in [-0.15, -0.1) is 0 Å². The number of aliphatic carboxylic acids is 1. The Hall–Kier alpha value is -2.08. The van der Waals surface area contributed by atoms with Crippen molar-refractivity contribution in [3.8, 4) is 0 Å². The molecule has 1 aromatic rings. The largest absolute Gasteiger partial charge is 0.481 e. The van der Waals surface area contributed by atoms with E-state index in [1.165, 1.54) is 0 Å². The number of hydrogen-bond acceptors (Lipinski definition) is 3. The number of amides is 2. The topological polar surface area (TPSA) is 72.9 Å². The highest BCUT2D eigenvalue weighted by Crippen LogP contribution is 2.14. The highest BCUT2D eigenvalue weighted by Gasteiger charge is 2.24. The van der Waals surface area contributed by atoms with Gasteiger partial charge in [0.15, 0.2) is 0 Å². The van der Waals surface area contributed by atoms with E-state index in [2.05, 4.69) is 24.2 Å². The van der Waals surface area contributed by atoms with Crippen molar-refractivity contribution < 1.29 is 14.7 Å². The molecule has 1 aromatic carbocycles. The molecule has 0 saturated carbocycles. The number of benzene rings is 1. The van der Waals surface area contributed by atoms with E-state index in [1.54, 1.807) is 29.2 Å². The summed E-state index contributed by atoms with van der Waals surface area (Å²) in [6, 6.07) is 7.15. The van der Waals surface area contributed by atoms with Crippen LogP contribution in [0.4, 0.5) is 10.5 Å². The molecule has 21 heavy (non-hydrogen) atoms. The Kier molecular flexibility index (Phi) is 4.80. The maximum Gasteiger partial charge on any atom is 0.321 e. The molecule has 6 nitrogen and oxygen atoms in total. The lowest BCUT2D eigenvalue weighted by atomic mass is 10.1. The summed E-state index contributed by atoms with van der Waals surface area (Å²) in [5.41, 5.74) is 1.30. The molecule has 2 rings (SSSR count). The zero-order valence-corrected chi connectivity index (χ0v) is 12.4. The van der Waals surface area contributed by atoms with Crippen LogP contribution in [-0.4, -0.2) is 59.6 Å². The Bertz CT molecular complexity index is 533. The third-order valence-corrected chi connectivity index (χ3v) is 3.78. The minimum absolute atomic E-state index is 0.0464. The molecule has 0 bridgehead atoms. The number of carbonyl (C=O) groups excluding carboxylic acids is 1. The third kappa shape index (κ3) is 4.19. The number of carboxylic acid groups (broad SMARTS) is 1. The SMILES string of the molecule is CC1CN(C(=O)Nc2cccc(CC(=O)O)c2)CCN1C. The van der Waals surface area contributed by atoms with E-state index in [4.69, 9.17) is 5.11 Å². The number of urea groups is 1. The number of carbonyl (C=O) groups is 2. The molecule has 0 spiro atoms. The van der Waals surface area contributed by atoms with Crippen LogP contribution in [0.1, 0.15) is 12.5 Å². The van der Waals surface area contributed by atoms with E-state index in [1.807, 2.05) is 0 Å². The van der Waals surface area contributed by atoms with Gasteiger partial charge in [-0.3, -0.25) is 4.79 Å². The molecule has 1 atom stereocenters. The van der Waals surface area contributed by atoms with Gasteiger partial charge in [-0.05, 0) is 31.7 Å². The molecule has 1 saturated heterocycles. The van der Waals surface area contributed by atoms with Gasteiger partial charge in [0.1, 0.15) is 0 Å². The van der Waals surface area contributed by atoms with Crippen molar-refractivity contribution in [3.63, 3.8) is 0 Å². The third-order valence-electron chi connectivity index (χ3n) is 3.78. The van der Waals surface area contributed by atoms with E-state index in [0.717, 1.165) is 6.54 Å². The van der Waals surface area contributed by atoms with Crippen molar-refractivity contribution in [1.29, 1.82) is 0 Å². The van der Waals surface area contributed by atoms with Gasteiger partial charge < -0.3 is 20.2 Å². The molecule has 1 aliphatic rings. The standard InChI is InChI=1S/C15H21N3O3/c1-11-10-18(7-6-17(11)2)15(21)16-13-5-3-4-12(8-13)9-14(19)20/h3-5,8,11H,6-7,9-10H2,1-2H3,(H,16,21)(H,19,20). The Morgan fingerprint density at radius 2 is 2.14 bits per heavy atom. The molecule has 0 aliphatic carbocycles. The molecular formula is C15H21N3O3. The van der Waals surface area contributed by atoms with Crippen molar-refractivity contribution in [1.82, 2.24) is 9.80 Å². The smallest absolute Gasteiger partial charge is 0.321 e. The van der Waals surface area contributed by atoms with Crippen LogP contribution in [0.5, 0.6) is 0 Å². The summed E-state index contributed by atoms with van der Waals surface area (Å²) in [7, 11) is 2.05. The van der Waals surface area contributed by atoms with Crippen molar-refractivity contribution in [3.05, 3.63) is 29.8 Å². The number of piperazine rings is 1. The number of anilines is 1. The summed E-state index contributed by atoms with van der Waals surface area (Å²) >= 11 is 0. The maximum absolute atomic E-state index is 12.2. The van der Waals surface area contributed by atoms with E-state index in [-0.39, 0.29) is 12.5 Å². The monoisotopic (exact) mass is 291 g/mol. The highest BCUT2D eigenvalue weighted by molar-refractivity contribution is 5.89. The lowest BCUT2D eigenvalue weighted by molar-refractivity contribution is -0.136. The molecular weight excluding hydrogens is 270 g/mol. The number of carboxylic acids is 1. The van der Waals surface area contributed by atoms with Crippen LogP contribution in [0.2, 0.25) is 0 Å². The Labute approximate surface area is 124 Å². The van der Waals surface area contributed by atoms with Crippen LogP contribution < -0.4 is 5.32 Å². The van der Waals surface area contributed by atoms with Gasteiger partial charge in [-0.2, -0.15) is 0 Å². The number of nitrogens with one attached hydrogen (secondary N) is 1. The zero-order valence-electron chi connectivity index (χ0n) is 12.4. The van der Waals surface area contributed by atoms with E-state index in [0.29, 0.717) is 30.4 Å². The minimum atomic E-state index is -0.883. The van der Waals surface area contributed by atoms with Crippen LogP contribution in [0.15, 0.2) is 24.3 Å².